The standard InChI is InChI=1S/C19H15BrOSi/c1-22(15-12-10-14(20)11-13-15)19-9-5-3-7-17(19)16-6-2-4-8-18(16)21-22/h2-13H,1H3. The maximum Gasteiger partial charge on any atom is 0.312 e. The lowest BCUT2D eigenvalue weighted by Crippen LogP contribution is -2.62. The Balaban J connectivity index is 1.97. The number of fused-ring (bicyclic) bond motifs is 3. The van der Waals surface area contributed by atoms with Crippen molar-refractivity contribution >= 4 is 34.6 Å². The van der Waals surface area contributed by atoms with Crippen LogP contribution in [0.4, 0.5) is 0 Å². The van der Waals surface area contributed by atoms with Gasteiger partial charge in [-0.3, -0.25) is 0 Å². The van der Waals surface area contributed by atoms with E-state index in [0.717, 1.165) is 10.2 Å². The molecule has 0 saturated carbocycles. The highest BCUT2D eigenvalue weighted by atomic mass is 79.9. The van der Waals surface area contributed by atoms with E-state index in [-0.39, 0.29) is 0 Å². The highest BCUT2D eigenvalue weighted by Gasteiger charge is 2.41. The third-order valence-electron chi connectivity index (χ3n) is 4.33. The Bertz CT molecular complexity index is 844. The summed E-state index contributed by atoms with van der Waals surface area (Å²) in [6.45, 7) is 2.28. The minimum absolute atomic E-state index is 0.998. The Morgan fingerprint density at radius 3 is 2.18 bits per heavy atom. The lowest BCUT2D eigenvalue weighted by Gasteiger charge is -2.36. The van der Waals surface area contributed by atoms with Crippen LogP contribution in [0.1, 0.15) is 0 Å². The van der Waals surface area contributed by atoms with E-state index in [2.05, 4.69) is 89.2 Å². The molecule has 0 amide bonds. The van der Waals surface area contributed by atoms with Crippen LogP contribution in [0.15, 0.2) is 77.3 Å². The number of benzene rings is 3. The van der Waals surface area contributed by atoms with Gasteiger partial charge in [-0.2, -0.15) is 0 Å². The lowest BCUT2D eigenvalue weighted by molar-refractivity contribution is 0.569. The summed E-state index contributed by atoms with van der Waals surface area (Å²) in [4.78, 5) is 0. The fraction of sp³-hybridized carbons (Fsp3) is 0.0526. The minimum atomic E-state index is -2.23. The van der Waals surface area contributed by atoms with Crippen LogP contribution in [0.3, 0.4) is 0 Å². The van der Waals surface area contributed by atoms with Crippen LogP contribution in [0, 0.1) is 0 Å². The molecule has 108 valence electrons. The van der Waals surface area contributed by atoms with Gasteiger partial charge >= 0.3 is 8.32 Å². The zero-order valence-electron chi connectivity index (χ0n) is 12.2. The fourth-order valence-electron chi connectivity index (χ4n) is 3.17. The summed E-state index contributed by atoms with van der Waals surface area (Å²) >= 11 is 3.52. The molecule has 1 heterocycles. The molecule has 1 atom stereocenters. The monoisotopic (exact) mass is 366 g/mol. The van der Waals surface area contributed by atoms with Crippen LogP contribution in [-0.2, 0) is 0 Å². The molecule has 3 aromatic carbocycles. The van der Waals surface area contributed by atoms with Gasteiger partial charge in [-0.05, 0) is 40.7 Å². The molecule has 0 spiro atoms. The summed E-state index contributed by atoms with van der Waals surface area (Å²) in [5, 5.41) is 2.63. The molecule has 0 aromatic heterocycles. The SMILES string of the molecule is C[Si]1(c2ccc(Br)cc2)Oc2ccccc2-c2ccccc21. The quantitative estimate of drug-likeness (QED) is 0.586. The third kappa shape index (κ3) is 2.04. The number of rotatable bonds is 1. The lowest BCUT2D eigenvalue weighted by atomic mass is 10.0. The number of hydrogen-bond donors (Lipinski definition) is 0. The van der Waals surface area contributed by atoms with Crippen LogP contribution in [0.25, 0.3) is 11.1 Å². The first-order chi connectivity index (χ1) is 10.7. The van der Waals surface area contributed by atoms with Crippen LogP contribution in [0.2, 0.25) is 6.55 Å². The molecule has 0 radical (unpaired) electrons. The Kier molecular flexibility index (Phi) is 3.20. The molecule has 3 aromatic rings. The molecule has 0 saturated heterocycles. The zero-order valence-corrected chi connectivity index (χ0v) is 14.8. The molecule has 0 bridgehead atoms. The number of halogens is 1. The van der Waals surface area contributed by atoms with Crippen LogP contribution < -0.4 is 14.8 Å². The second-order valence-electron chi connectivity index (χ2n) is 5.68. The predicted molar refractivity (Wildman–Crippen MR) is 97.5 cm³/mol. The number of para-hydroxylation sites is 1. The van der Waals surface area contributed by atoms with Crippen molar-refractivity contribution < 1.29 is 4.43 Å². The van der Waals surface area contributed by atoms with E-state index in [1.807, 2.05) is 6.07 Å². The van der Waals surface area contributed by atoms with Gasteiger partial charge in [0.2, 0.25) is 0 Å². The van der Waals surface area contributed by atoms with Gasteiger partial charge in [0.05, 0.1) is 0 Å². The van der Waals surface area contributed by atoms with E-state index < -0.39 is 8.32 Å². The molecule has 1 nitrogen and oxygen atoms in total. The first kappa shape index (κ1) is 13.8. The van der Waals surface area contributed by atoms with Gasteiger partial charge in [-0.25, -0.2) is 0 Å². The molecule has 0 N–H and O–H groups in total. The summed E-state index contributed by atoms with van der Waals surface area (Å²) in [6, 6.07) is 25.5. The fourth-order valence-corrected chi connectivity index (χ4v) is 6.54. The van der Waals surface area contributed by atoms with E-state index >= 15 is 0 Å². The summed E-state index contributed by atoms with van der Waals surface area (Å²) in [7, 11) is -2.23. The van der Waals surface area contributed by atoms with Crippen molar-refractivity contribution in [3.8, 4) is 16.9 Å². The van der Waals surface area contributed by atoms with Gasteiger partial charge in [-0.15, -0.1) is 0 Å². The van der Waals surface area contributed by atoms with Gasteiger partial charge in [0.1, 0.15) is 5.75 Å². The summed E-state index contributed by atoms with van der Waals surface area (Å²) in [5.74, 6) is 0.998. The van der Waals surface area contributed by atoms with Crippen molar-refractivity contribution in [1.82, 2.24) is 0 Å². The van der Waals surface area contributed by atoms with Crippen molar-refractivity contribution in [2.75, 3.05) is 0 Å². The first-order valence-corrected chi connectivity index (χ1v) is 10.5. The Morgan fingerprint density at radius 1 is 0.773 bits per heavy atom. The summed E-state index contributed by atoms with van der Waals surface area (Å²) < 4.78 is 7.69. The van der Waals surface area contributed by atoms with Crippen molar-refractivity contribution in [2.24, 2.45) is 0 Å². The molecule has 1 aliphatic heterocycles. The summed E-state index contributed by atoms with van der Waals surface area (Å²) in [6.07, 6.45) is 0. The molecule has 1 unspecified atom stereocenters. The second-order valence-corrected chi connectivity index (χ2v) is 9.99. The Hall–Kier alpha value is -1.84. The van der Waals surface area contributed by atoms with E-state index in [0.29, 0.717) is 0 Å². The van der Waals surface area contributed by atoms with Crippen LogP contribution in [0.5, 0.6) is 5.75 Å². The Morgan fingerprint density at radius 2 is 1.41 bits per heavy atom. The van der Waals surface area contributed by atoms with E-state index in [9.17, 15) is 0 Å². The van der Waals surface area contributed by atoms with Gasteiger partial charge < -0.3 is 4.43 Å². The molecular weight excluding hydrogens is 352 g/mol. The second kappa shape index (κ2) is 5.11. The molecular formula is C19H15BrOSi. The van der Waals surface area contributed by atoms with Crippen LogP contribution >= 0.6 is 15.9 Å². The molecule has 22 heavy (non-hydrogen) atoms. The van der Waals surface area contributed by atoms with Gasteiger partial charge in [0.15, 0.2) is 0 Å². The Labute approximate surface area is 139 Å². The molecule has 4 rings (SSSR count). The normalized spacial score (nSPS) is 19.0. The molecule has 0 aliphatic carbocycles. The van der Waals surface area contributed by atoms with E-state index in [4.69, 9.17) is 4.43 Å². The van der Waals surface area contributed by atoms with Crippen molar-refractivity contribution in [3.05, 3.63) is 77.3 Å². The predicted octanol–water partition coefficient (Wildman–Crippen LogP) is 4.20. The molecule has 0 fully saturated rings. The van der Waals surface area contributed by atoms with Crippen molar-refractivity contribution in [1.29, 1.82) is 0 Å². The number of hydrogen-bond acceptors (Lipinski definition) is 1. The first-order valence-electron chi connectivity index (χ1n) is 7.32. The average Bonchev–Trinajstić information content (AvgIpc) is 2.56. The maximum absolute atomic E-state index is 6.60. The highest BCUT2D eigenvalue weighted by Crippen LogP contribution is 2.35. The van der Waals surface area contributed by atoms with E-state index in [1.54, 1.807) is 0 Å². The van der Waals surface area contributed by atoms with E-state index in [1.165, 1.54) is 21.5 Å². The van der Waals surface area contributed by atoms with Gasteiger partial charge in [0.25, 0.3) is 0 Å². The summed E-state index contributed by atoms with van der Waals surface area (Å²) in [5.41, 5.74) is 2.50. The van der Waals surface area contributed by atoms with Crippen molar-refractivity contribution in [2.45, 2.75) is 6.55 Å². The highest BCUT2D eigenvalue weighted by molar-refractivity contribution is 9.10. The topological polar surface area (TPSA) is 9.23 Å². The zero-order chi connectivity index (χ0) is 15.2. The smallest absolute Gasteiger partial charge is 0.312 e. The van der Waals surface area contributed by atoms with Gasteiger partial charge in [0, 0.05) is 10.0 Å². The largest absolute Gasteiger partial charge is 0.534 e. The van der Waals surface area contributed by atoms with Gasteiger partial charge in [-0.1, -0.05) is 70.5 Å². The van der Waals surface area contributed by atoms with Crippen LogP contribution in [-0.4, -0.2) is 8.32 Å². The molecule has 3 heteroatoms. The van der Waals surface area contributed by atoms with Crippen molar-refractivity contribution in [3.63, 3.8) is 0 Å². The maximum atomic E-state index is 6.60. The average molecular weight is 367 g/mol. The molecule has 1 aliphatic rings. The third-order valence-corrected chi connectivity index (χ3v) is 8.38. The minimum Gasteiger partial charge on any atom is -0.534 e.